The molecule has 156 valence electrons. The predicted octanol–water partition coefficient (Wildman–Crippen LogP) is 3.55. The normalized spacial score (nSPS) is 11.4. The first-order valence-electron chi connectivity index (χ1n) is 9.31. The molecule has 0 saturated carbocycles. The molecule has 0 aliphatic rings. The molecule has 1 N–H and O–H groups in total. The van der Waals surface area contributed by atoms with Crippen molar-refractivity contribution in [1.29, 1.82) is 0 Å². The first-order chi connectivity index (χ1) is 14.3. The van der Waals surface area contributed by atoms with E-state index < -0.39 is 15.9 Å². The van der Waals surface area contributed by atoms with E-state index >= 15 is 0 Å². The summed E-state index contributed by atoms with van der Waals surface area (Å²) in [5, 5.41) is 3.31. The first kappa shape index (κ1) is 22.0. The van der Waals surface area contributed by atoms with Gasteiger partial charge >= 0.3 is 0 Å². The molecule has 1 heterocycles. The minimum Gasteiger partial charge on any atom is -0.351 e. The van der Waals surface area contributed by atoms with Crippen molar-refractivity contribution in [3.8, 4) is 0 Å². The van der Waals surface area contributed by atoms with Crippen molar-refractivity contribution in [3.05, 3.63) is 94.8 Å². The number of pyridine rings is 1. The van der Waals surface area contributed by atoms with E-state index in [-0.39, 0.29) is 24.5 Å². The number of aromatic nitrogens is 1. The monoisotopic (exact) mass is 443 g/mol. The number of hydrogen-bond acceptors (Lipinski definition) is 4. The Morgan fingerprint density at radius 1 is 1.03 bits per heavy atom. The molecule has 0 aliphatic heterocycles. The molecular formula is C22H22ClN3O3S. The highest BCUT2D eigenvalue weighted by Crippen LogP contribution is 2.20. The molecule has 8 heteroatoms. The smallest absolute Gasteiger partial charge is 0.243 e. The summed E-state index contributed by atoms with van der Waals surface area (Å²) in [7, 11) is -3.88. The summed E-state index contributed by atoms with van der Waals surface area (Å²) in [6.45, 7) is 1.90. The van der Waals surface area contributed by atoms with E-state index in [2.05, 4.69) is 10.3 Å². The molecule has 0 atom stereocenters. The average molecular weight is 444 g/mol. The van der Waals surface area contributed by atoms with Crippen molar-refractivity contribution in [1.82, 2.24) is 14.6 Å². The van der Waals surface area contributed by atoms with Crippen LogP contribution in [0.15, 0.2) is 78.0 Å². The lowest BCUT2D eigenvalue weighted by Gasteiger charge is -2.22. The Balaban J connectivity index is 1.80. The highest BCUT2D eigenvalue weighted by Gasteiger charge is 2.27. The molecule has 0 bridgehead atoms. The molecule has 1 aromatic heterocycles. The van der Waals surface area contributed by atoms with Gasteiger partial charge in [-0.05, 0) is 48.4 Å². The van der Waals surface area contributed by atoms with Crippen LogP contribution in [0.25, 0.3) is 0 Å². The molecule has 2 aromatic carbocycles. The van der Waals surface area contributed by atoms with E-state index in [4.69, 9.17) is 11.6 Å². The third-order valence-electron chi connectivity index (χ3n) is 4.46. The van der Waals surface area contributed by atoms with Crippen LogP contribution in [-0.4, -0.2) is 30.2 Å². The Labute approximate surface area is 181 Å². The Hall–Kier alpha value is -2.74. The zero-order chi connectivity index (χ0) is 21.6. The van der Waals surface area contributed by atoms with E-state index in [1.54, 1.807) is 67.0 Å². The van der Waals surface area contributed by atoms with Crippen molar-refractivity contribution in [3.63, 3.8) is 0 Å². The molecule has 0 saturated heterocycles. The zero-order valence-corrected chi connectivity index (χ0v) is 18.0. The minimum atomic E-state index is -3.88. The molecule has 0 spiro atoms. The second-order valence-electron chi connectivity index (χ2n) is 6.85. The lowest BCUT2D eigenvalue weighted by molar-refractivity contribution is -0.121. The van der Waals surface area contributed by atoms with E-state index in [0.717, 1.165) is 16.7 Å². The van der Waals surface area contributed by atoms with Crippen molar-refractivity contribution in [2.75, 3.05) is 6.54 Å². The van der Waals surface area contributed by atoms with Gasteiger partial charge < -0.3 is 5.32 Å². The summed E-state index contributed by atoms with van der Waals surface area (Å²) in [6.07, 6.45) is 3.29. The molecule has 1 amide bonds. The van der Waals surface area contributed by atoms with E-state index in [9.17, 15) is 13.2 Å². The average Bonchev–Trinajstić information content (AvgIpc) is 2.74. The molecule has 3 rings (SSSR count). The lowest BCUT2D eigenvalue weighted by Crippen LogP contribution is -2.40. The number of amides is 1. The second kappa shape index (κ2) is 9.84. The van der Waals surface area contributed by atoms with Crippen LogP contribution in [0.3, 0.4) is 0 Å². The fraction of sp³-hybridized carbons (Fsp3) is 0.182. The van der Waals surface area contributed by atoms with Crippen molar-refractivity contribution in [2.24, 2.45) is 0 Å². The number of hydrogen-bond donors (Lipinski definition) is 1. The zero-order valence-electron chi connectivity index (χ0n) is 16.5. The fourth-order valence-corrected chi connectivity index (χ4v) is 4.31. The Morgan fingerprint density at radius 3 is 2.37 bits per heavy atom. The third-order valence-corrected chi connectivity index (χ3v) is 6.52. The predicted molar refractivity (Wildman–Crippen MR) is 116 cm³/mol. The highest BCUT2D eigenvalue weighted by molar-refractivity contribution is 7.89. The third kappa shape index (κ3) is 5.89. The number of carbonyl (C=O) groups excluding carboxylic acids is 1. The van der Waals surface area contributed by atoms with Crippen molar-refractivity contribution in [2.45, 2.75) is 24.9 Å². The molecule has 0 fully saturated rings. The maximum Gasteiger partial charge on any atom is 0.243 e. The fourth-order valence-electron chi connectivity index (χ4n) is 2.80. The van der Waals surface area contributed by atoms with Gasteiger partial charge in [-0.2, -0.15) is 4.31 Å². The minimum absolute atomic E-state index is 0.0493. The lowest BCUT2D eigenvalue weighted by atomic mass is 10.2. The Morgan fingerprint density at radius 2 is 1.73 bits per heavy atom. The number of rotatable bonds is 8. The summed E-state index contributed by atoms with van der Waals surface area (Å²) in [4.78, 5) is 16.7. The number of nitrogens with one attached hydrogen (secondary N) is 1. The quantitative estimate of drug-likeness (QED) is 0.577. The maximum absolute atomic E-state index is 13.2. The van der Waals surface area contributed by atoms with Gasteiger partial charge in [-0.25, -0.2) is 8.42 Å². The summed E-state index contributed by atoms with van der Waals surface area (Å²) in [5.74, 6) is -0.400. The largest absolute Gasteiger partial charge is 0.351 e. The van der Waals surface area contributed by atoms with Gasteiger partial charge in [0, 0.05) is 30.5 Å². The number of sulfonamides is 1. The van der Waals surface area contributed by atoms with E-state index in [1.165, 1.54) is 4.31 Å². The van der Waals surface area contributed by atoms with Gasteiger partial charge in [0.25, 0.3) is 0 Å². The summed E-state index contributed by atoms with van der Waals surface area (Å²) in [6, 6.07) is 17.0. The van der Waals surface area contributed by atoms with Crippen molar-refractivity contribution >= 4 is 27.5 Å². The topological polar surface area (TPSA) is 79.4 Å². The molecule has 0 aliphatic carbocycles. The number of halogens is 1. The molecule has 3 aromatic rings. The Kier molecular flexibility index (Phi) is 7.20. The van der Waals surface area contributed by atoms with Crippen LogP contribution in [-0.2, 0) is 27.9 Å². The van der Waals surface area contributed by atoms with E-state index in [0.29, 0.717) is 5.02 Å². The van der Waals surface area contributed by atoms with E-state index in [1.807, 2.05) is 13.0 Å². The van der Waals surface area contributed by atoms with Crippen LogP contribution in [0, 0.1) is 6.92 Å². The summed E-state index contributed by atoms with van der Waals surface area (Å²) < 4.78 is 27.6. The van der Waals surface area contributed by atoms with Crippen molar-refractivity contribution < 1.29 is 13.2 Å². The molecule has 0 unspecified atom stereocenters. The summed E-state index contributed by atoms with van der Waals surface area (Å²) in [5.41, 5.74) is 2.51. The van der Waals surface area contributed by atoms with Gasteiger partial charge in [0.1, 0.15) is 0 Å². The van der Waals surface area contributed by atoms with Crippen LogP contribution >= 0.6 is 11.6 Å². The molecule has 0 radical (unpaired) electrons. The highest BCUT2D eigenvalue weighted by atomic mass is 35.5. The van der Waals surface area contributed by atoms with Crippen LogP contribution in [0.2, 0.25) is 5.02 Å². The number of carbonyl (C=O) groups is 1. The van der Waals surface area contributed by atoms with Crippen LogP contribution in [0.5, 0.6) is 0 Å². The summed E-state index contributed by atoms with van der Waals surface area (Å²) >= 11 is 5.93. The van der Waals surface area contributed by atoms with Crippen LogP contribution < -0.4 is 5.32 Å². The Bertz CT molecular complexity index is 1090. The molecule has 6 nitrogen and oxygen atoms in total. The van der Waals surface area contributed by atoms with Gasteiger partial charge in [0.05, 0.1) is 11.4 Å². The standard InChI is InChI=1S/C22H22ClN3O3S/c1-17-4-10-21(11-5-17)30(28,29)26(15-18-6-8-20(23)9-7-18)16-22(27)25-14-19-3-2-12-24-13-19/h2-13H,14-16H2,1H3,(H,25,27). The second-order valence-corrected chi connectivity index (χ2v) is 9.22. The van der Waals surface area contributed by atoms with Crippen LogP contribution in [0.1, 0.15) is 16.7 Å². The first-order valence-corrected chi connectivity index (χ1v) is 11.1. The van der Waals surface area contributed by atoms with Gasteiger partial charge in [0.15, 0.2) is 0 Å². The molecule has 30 heavy (non-hydrogen) atoms. The van der Waals surface area contributed by atoms with Gasteiger partial charge in [-0.1, -0.05) is 47.5 Å². The molecular weight excluding hydrogens is 422 g/mol. The maximum atomic E-state index is 13.2. The van der Waals surface area contributed by atoms with Gasteiger partial charge in [0.2, 0.25) is 15.9 Å². The van der Waals surface area contributed by atoms with Gasteiger partial charge in [-0.3, -0.25) is 9.78 Å². The SMILES string of the molecule is Cc1ccc(S(=O)(=O)N(CC(=O)NCc2cccnc2)Cc2ccc(Cl)cc2)cc1. The number of nitrogens with zero attached hydrogens (tertiary/aromatic N) is 2. The van der Waals surface area contributed by atoms with Gasteiger partial charge in [-0.15, -0.1) is 0 Å². The number of benzene rings is 2. The number of aryl methyl sites for hydroxylation is 1. The van der Waals surface area contributed by atoms with Crippen LogP contribution in [0.4, 0.5) is 0 Å².